The fourth-order valence-electron chi connectivity index (χ4n) is 0.911. The number of nitrogens with two attached hydrogens (primary N) is 1. The lowest BCUT2D eigenvalue weighted by atomic mass is 10.1. The van der Waals surface area contributed by atoms with Gasteiger partial charge in [0.1, 0.15) is 5.54 Å². The van der Waals surface area contributed by atoms with Crippen molar-refractivity contribution in [3.05, 3.63) is 18.0 Å². The molecular weight excluding hydrogens is 152 g/mol. The van der Waals surface area contributed by atoms with E-state index in [0.717, 1.165) is 5.69 Å². The Kier molecular flexibility index (Phi) is 2.15. The third-order valence-corrected chi connectivity index (χ3v) is 1.66. The number of hydrogen-bond acceptors (Lipinski definition) is 3. The van der Waals surface area contributed by atoms with Gasteiger partial charge < -0.3 is 5.73 Å². The van der Waals surface area contributed by atoms with Gasteiger partial charge in [0.15, 0.2) is 0 Å². The Labute approximate surface area is 71.6 Å². The maximum absolute atomic E-state index is 8.67. The van der Waals surface area contributed by atoms with Crippen molar-refractivity contribution < 1.29 is 0 Å². The smallest absolute Gasteiger partial charge is 0.121 e. The molecule has 12 heavy (non-hydrogen) atoms. The summed E-state index contributed by atoms with van der Waals surface area (Å²) in [5, 5.41) is 12.7. The predicted molar refractivity (Wildman–Crippen MR) is 45.2 cm³/mol. The third kappa shape index (κ3) is 1.83. The fourth-order valence-corrected chi connectivity index (χ4v) is 0.911. The monoisotopic (exact) mass is 164 g/mol. The van der Waals surface area contributed by atoms with E-state index in [1.165, 1.54) is 0 Å². The average molecular weight is 164 g/mol. The van der Waals surface area contributed by atoms with Gasteiger partial charge in [-0.15, -0.1) is 0 Å². The quantitative estimate of drug-likeness (QED) is 0.689. The molecule has 0 aliphatic carbocycles. The lowest BCUT2D eigenvalue weighted by molar-refractivity contribution is 0.452. The first kappa shape index (κ1) is 8.75. The minimum Gasteiger partial charge on any atom is -0.312 e. The minimum absolute atomic E-state index is 0.433. The number of rotatable bonds is 2. The van der Waals surface area contributed by atoms with Crippen molar-refractivity contribution in [3.8, 4) is 6.07 Å². The molecule has 0 aliphatic heterocycles. The van der Waals surface area contributed by atoms with Crippen LogP contribution in [0.1, 0.15) is 12.6 Å². The van der Waals surface area contributed by atoms with Gasteiger partial charge in [0.25, 0.3) is 0 Å². The van der Waals surface area contributed by atoms with Crippen molar-refractivity contribution in [1.82, 2.24) is 9.78 Å². The number of aromatic nitrogens is 2. The molecule has 0 saturated heterocycles. The van der Waals surface area contributed by atoms with Crippen LogP contribution in [0.15, 0.2) is 12.3 Å². The van der Waals surface area contributed by atoms with Crippen LogP contribution in [0, 0.1) is 18.3 Å². The molecule has 2 N–H and O–H groups in total. The largest absolute Gasteiger partial charge is 0.312 e. The Hall–Kier alpha value is -1.34. The van der Waals surface area contributed by atoms with E-state index in [2.05, 4.69) is 5.10 Å². The first-order chi connectivity index (χ1) is 5.55. The summed E-state index contributed by atoms with van der Waals surface area (Å²) in [6, 6.07) is 3.91. The number of nitriles is 1. The molecule has 0 amide bonds. The Balaban J connectivity index is 2.78. The van der Waals surface area contributed by atoms with Crippen molar-refractivity contribution in [2.24, 2.45) is 5.73 Å². The highest BCUT2D eigenvalue weighted by Crippen LogP contribution is 2.04. The van der Waals surface area contributed by atoms with Crippen LogP contribution in [0.5, 0.6) is 0 Å². The van der Waals surface area contributed by atoms with Gasteiger partial charge in [-0.3, -0.25) is 4.68 Å². The first-order valence-electron chi connectivity index (χ1n) is 3.74. The number of hydrogen-bond donors (Lipinski definition) is 1. The molecule has 1 aromatic rings. The summed E-state index contributed by atoms with van der Waals surface area (Å²) in [6.45, 7) is 4.05. The maximum Gasteiger partial charge on any atom is 0.121 e. The van der Waals surface area contributed by atoms with Crippen LogP contribution >= 0.6 is 0 Å². The van der Waals surface area contributed by atoms with E-state index in [9.17, 15) is 0 Å². The lowest BCUT2D eigenvalue weighted by Crippen LogP contribution is -2.39. The van der Waals surface area contributed by atoms with E-state index in [4.69, 9.17) is 11.0 Å². The summed E-state index contributed by atoms with van der Waals surface area (Å²) in [7, 11) is 0. The van der Waals surface area contributed by atoms with Crippen molar-refractivity contribution in [1.29, 1.82) is 5.26 Å². The van der Waals surface area contributed by atoms with E-state index in [0.29, 0.717) is 6.54 Å². The summed E-state index contributed by atoms with van der Waals surface area (Å²) in [5.41, 5.74) is 5.83. The molecule has 0 radical (unpaired) electrons. The van der Waals surface area contributed by atoms with Crippen molar-refractivity contribution in [3.63, 3.8) is 0 Å². The minimum atomic E-state index is -0.837. The molecule has 0 fully saturated rings. The van der Waals surface area contributed by atoms with Gasteiger partial charge >= 0.3 is 0 Å². The van der Waals surface area contributed by atoms with Crippen LogP contribution in [0.4, 0.5) is 0 Å². The van der Waals surface area contributed by atoms with Crippen LogP contribution < -0.4 is 5.73 Å². The molecule has 1 aromatic heterocycles. The van der Waals surface area contributed by atoms with E-state index in [-0.39, 0.29) is 0 Å². The Morgan fingerprint density at radius 3 is 2.92 bits per heavy atom. The lowest BCUT2D eigenvalue weighted by Gasteiger charge is -2.15. The SMILES string of the molecule is Cc1ccnn1CC(C)(N)C#N. The zero-order chi connectivity index (χ0) is 9.19. The fraction of sp³-hybridized carbons (Fsp3) is 0.500. The van der Waals surface area contributed by atoms with Crippen LogP contribution in [0.25, 0.3) is 0 Å². The normalized spacial score (nSPS) is 15.2. The van der Waals surface area contributed by atoms with Gasteiger partial charge in [0.05, 0.1) is 12.6 Å². The standard InChI is InChI=1S/C8H12N4/c1-7-3-4-11-12(7)6-8(2,10)5-9/h3-4H,6,10H2,1-2H3. The predicted octanol–water partition coefficient (Wildman–Crippen LogP) is 0.432. The Morgan fingerprint density at radius 2 is 2.50 bits per heavy atom. The highest BCUT2D eigenvalue weighted by molar-refractivity contribution is 5.04. The second-order valence-electron chi connectivity index (χ2n) is 3.16. The molecule has 1 unspecified atom stereocenters. The van der Waals surface area contributed by atoms with Gasteiger partial charge in [0.2, 0.25) is 0 Å². The molecule has 0 saturated carbocycles. The molecule has 0 spiro atoms. The van der Waals surface area contributed by atoms with Crippen molar-refractivity contribution in [2.45, 2.75) is 25.9 Å². The van der Waals surface area contributed by atoms with Crippen molar-refractivity contribution >= 4 is 0 Å². The summed E-state index contributed by atoms with van der Waals surface area (Å²) in [4.78, 5) is 0. The van der Waals surface area contributed by atoms with Crippen LogP contribution in [-0.2, 0) is 6.54 Å². The van der Waals surface area contributed by atoms with E-state index in [1.807, 2.05) is 19.1 Å². The summed E-state index contributed by atoms with van der Waals surface area (Å²) < 4.78 is 1.73. The third-order valence-electron chi connectivity index (χ3n) is 1.66. The Morgan fingerprint density at radius 1 is 1.83 bits per heavy atom. The zero-order valence-corrected chi connectivity index (χ0v) is 7.28. The topological polar surface area (TPSA) is 67.6 Å². The summed E-state index contributed by atoms with van der Waals surface area (Å²) >= 11 is 0. The average Bonchev–Trinajstić information content (AvgIpc) is 2.36. The molecular formula is C8H12N4. The molecule has 1 atom stereocenters. The summed E-state index contributed by atoms with van der Waals surface area (Å²) in [5.74, 6) is 0. The molecule has 1 heterocycles. The highest BCUT2D eigenvalue weighted by Gasteiger charge is 2.18. The second kappa shape index (κ2) is 2.95. The van der Waals surface area contributed by atoms with Crippen molar-refractivity contribution in [2.75, 3.05) is 0 Å². The molecule has 4 nitrogen and oxygen atoms in total. The molecule has 64 valence electrons. The second-order valence-corrected chi connectivity index (χ2v) is 3.16. The van der Waals surface area contributed by atoms with Gasteiger partial charge in [0, 0.05) is 11.9 Å². The number of aryl methyl sites for hydroxylation is 1. The van der Waals surface area contributed by atoms with Gasteiger partial charge in [-0.2, -0.15) is 10.4 Å². The van der Waals surface area contributed by atoms with E-state index < -0.39 is 5.54 Å². The first-order valence-corrected chi connectivity index (χ1v) is 3.74. The number of nitrogens with zero attached hydrogens (tertiary/aromatic N) is 3. The van der Waals surface area contributed by atoms with Gasteiger partial charge in [-0.1, -0.05) is 0 Å². The molecule has 4 heteroatoms. The highest BCUT2D eigenvalue weighted by atomic mass is 15.3. The van der Waals surface area contributed by atoms with Crippen LogP contribution in [0.3, 0.4) is 0 Å². The molecule has 0 bridgehead atoms. The van der Waals surface area contributed by atoms with Gasteiger partial charge in [-0.25, -0.2) is 0 Å². The van der Waals surface area contributed by atoms with Crippen LogP contribution in [0.2, 0.25) is 0 Å². The molecule has 0 aromatic carbocycles. The molecule has 0 aliphatic rings. The molecule has 1 rings (SSSR count). The van der Waals surface area contributed by atoms with Crippen LogP contribution in [-0.4, -0.2) is 15.3 Å². The van der Waals surface area contributed by atoms with Gasteiger partial charge in [-0.05, 0) is 19.9 Å². The summed E-state index contributed by atoms with van der Waals surface area (Å²) in [6.07, 6.45) is 1.70. The van der Waals surface area contributed by atoms with E-state index in [1.54, 1.807) is 17.8 Å². The zero-order valence-electron chi connectivity index (χ0n) is 7.28. The Bertz CT molecular complexity index is 305. The maximum atomic E-state index is 8.67. The van der Waals surface area contributed by atoms with E-state index >= 15 is 0 Å².